The first-order valence-corrected chi connectivity index (χ1v) is 6.21. The number of hydrogen-bond acceptors (Lipinski definition) is 3. The van der Waals surface area contributed by atoms with Crippen molar-refractivity contribution in [1.29, 1.82) is 0 Å². The maximum absolute atomic E-state index is 9.13. The minimum atomic E-state index is 0.322. The Morgan fingerprint density at radius 3 is 2.75 bits per heavy atom. The Hall–Kier alpha value is -1.42. The lowest BCUT2D eigenvalue weighted by molar-refractivity contribution is 0.475. The lowest BCUT2D eigenvalue weighted by atomic mass is 10.3. The van der Waals surface area contributed by atoms with Crippen LogP contribution in [0.4, 0.5) is 0 Å². The summed E-state index contributed by atoms with van der Waals surface area (Å²) < 4.78 is 2.08. The van der Waals surface area contributed by atoms with E-state index in [1.54, 1.807) is 30.1 Å². The summed E-state index contributed by atoms with van der Waals surface area (Å²) in [5, 5.41) is 9.13. The van der Waals surface area contributed by atoms with Crippen LogP contribution in [0.2, 0.25) is 0 Å². The maximum atomic E-state index is 9.13. The van der Waals surface area contributed by atoms with E-state index in [4.69, 9.17) is 5.11 Å². The van der Waals surface area contributed by atoms with Gasteiger partial charge in [0.2, 0.25) is 0 Å². The van der Waals surface area contributed by atoms with E-state index in [0.29, 0.717) is 5.75 Å². The summed E-state index contributed by atoms with van der Waals surface area (Å²) in [4.78, 5) is 5.19. The molecular weight excluding hydrogens is 220 g/mol. The first-order valence-electron chi connectivity index (χ1n) is 5.22. The van der Waals surface area contributed by atoms with Crippen LogP contribution in [-0.4, -0.2) is 20.4 Å². The summed E-state index contributed by atoms with van der Waals surface area (Å²) in [5.74, 6) is 1.39. The van der Waals surface area contributed by atoms with Crippen molar-refractivity contribution in [1.82, 2.24) is 9.55 Å². The normalized spacial score (nSPS) is 10.5. The third kappa shape index (κ3) is 3.31. The van der Waals surface area contributed by atoms with Crippen molar-refractivity contribution >= 4 is 11.8 Å². The molecular formula is C12H14N2OS. The minimum absolute atomic E-state index is 0.322. The van der Waals surface area contributed by atoms with Crippen molar-refractivity contribution in [3.63, 3.8) is 0 Å². The summed E-state index contributed by atoms with van der Waals surface area (Å²) in [6.45, 7) is 1.01. The van der Waals surface area contributed by atoms with Crippen LogP contribution in [0.15, 0.2) is 47.9 Å². The molecule has 1 aromatic carbocycles. The first kappa shape index (κ1) is 11.1. The van der Waals surface area contributed by atoms with Crippen molar-refractivity contribution in [3.05, 3.63) is 43.0 Å². The third-order valence-corrected chi connectivity index (χ3v) is 3.32. The zero-order valence-corrected chi connectivity index (χ0v) is 9.73. The Balaban J connectivity index is 1.70. The number of benzene rings is 1. The second-order valence-electron chi connectivity index (χ2n) is 3.50. The topological polar surface area (TPSA) is 38.0 Å². The second kappa shape index (κ2) is 5.61. The van der Waals surface area contributed by atoms with Crippen LogP contribution in [0, 0.1) is 0 Å². The molecule has 1 N–H and O–H groups in total. The largest absolute Gasteiger partial charge is 0.508 e. The fourth-order valence-corrected chi connectivity index (χ4v) is 2.24. The number of aryl methyl sites for hydroxylation is 1. The predicted octanol–water partition coefficient (Wildman–Crippen LogP) is 2.77. The smallest absolute Gasteiger partial charge is 0.115 e. The lowest BCUT2D eigenvalue weighted by Crippen LogP contribution is -1.95. The van der Waals surface area contributed by atoms with Gasteiger partial charge < -0.3 is 9.67 Å². The van der Waals surface area contributed by atoms with Crippen LogP contribution in [-0.2, 0) is 6.54 Å². The zero-order valence-electron chi connectivity index (χ0n) is 8.91. The summed E-state index contributed by atoms with van der Waals surface area (Å²) in [5.41, 5.74) is 0. The molecule has 0 atom stereocenters. The molecule has 3 nitrogen and oxygen atoms in total. The molecule has 0 aliphatic carbocycles. The highest BCUT2D eigenvalue weighted by atomic mass is 32.2. The van der Waals surface area contributed by atoms with Gasteiger partial charge in [0.15, 0.2) is 0 Å². The van der Waals surface area contributed by atoms with Crippen LogP contribution in [0.1, 0.15) is 6.42 Å². The molecule has 1 aromatic heterocycles. The molecule has 0 aliphatic rings. The number of phenolic OH excluding ortho intramolecular Hbond substituents is 1. The molecule has 2 aromatic rings. The minimum Gasteiger partial charge on any atom is -0.508 e. The van der Waals surface area contributed by atoms with E-state index < -0.39 is 0 Å². The molecule has 0 radical (unpaired) electrons. The number of rotatable bonds is 5. The van der Waals surface area contributed by atoms with E-state index in [0.717, 1.165) is 18.7 Å². The standard InChI is InChI=1S/C12H14N2OS/c15-11-2-4-12(5-3-11)16-9-1-7-14-8-6-13-10-14/h2-6,8,10,15H,1,7,9H2. The highest BCUT2D eigenvalue weighted by molar-refractivity contribution is 7.99. The van der Waals surface area contributed by atoms with E-state index in [2.05, 4.69) is 9.55 Å². The Bertz CT molecular complexity index is 411. The van der Waals surface area contributed by atoms with E-state index in [-0.39, 0.29) is 0 Å². The van der Waals surface area contributed by atoms with Crippen molar-refractivity contribution in [3.8, 4) is 5.75 Å². The van der Waals surface area contributed by atoms with Crippen LogP contribution in [0.25, 0.3) is 0 Å². The monoisotopic (exact) mass is 234 g/mol. The Labute approximate surface area is 99.1 Å². The van der Waals surface area contributed by atoms with Gasteiger partial charge in [-0.1, -0.05) is 0 Å². The van der Waals surface area contributed by atoms with Gasteiger partial charge in [-0.2, -0.15) is 0 Å². The number of imidazole rings is 1. The number of thioether (sulfide) groups is 1. The second-order valence-corrected chi connectivity index (χ2v) is 4.66. The molecule has 16 heavy (non-hydrogen) atoms. The Morgan fingerprint density at radius 2 is 2.06 bits per heavy atom. The predicted molar refractivity (Wildman–Crippen MR) is 65.7 cm³/mol. The number of aromatic nitrogens is 2. The highest BCUT2D eigenvalue weighted by Gasteiger charge is 1.95. The van der Waals surface area contributed by atoms with Gasteiger partial charge in [0.05, 0.1) is 6.33 Å². The molecule has 0 fully saturated rings. The van der Waals surface area contributed by atoms with Crippen molar-refractivity contribution in [2.75, 3.05) is 5.75 Å². The van der Waals surface area contributed by atoms with Crippen LogP contribution in [0.3, 0.4) is 0 Å². The number of phenols is 1. The molecule has 0 unspecified atom stereocenters. The Morgan fingerprint density at radius 1 is 1.25 bits per heavy atom. The molecule has 2 rings (SSSR count). The third-order valence-electron chi connectivity index (χ3n) is 2.23. The van der Waals surface area contributed by atoms with Crippen molar-refractivity contribution in [2.45, 2.75) is 17.9 Å². The highest BCUT2D eigenvalue weighted by Crippen LogP contribution is 2.21. The summed E-state index contributed by atoms with van der Waals surface area (Å²) in [6.07, 6.45) is 6.73. The van der Waals surface area contributed by atoms with E-state index >= 15 is 0 Å². The SMILES string of the molecule is Oc1ccc(SCCCn2ccnc2)cc1. The van der Waals surface area contributed by atoms with E-state index in [1.165, 1.54) is 4.90 Å². The quantitative estimate of drug-likeness (QED) is 0.638. The maximum Gasteiger partial charge on any atom is 0.115 e. The van der Waals surface area contributed by atoms with Gasteiger partial charge in [-0.15, -0.1) is 11.8 Å². The molecule has 1 heterocycles. The van der Waals surface area contributed by atoms with E-state index in [9.17, 15) is 0 Å². The molecule has 0 bridgehead atoms. The summed E-state index contributed by atoms with van der Waals surface area (Å²) in [6, 6.07) is 7.32. The molecule has 0 saturated heterocycles. The van der Waals surface area contributed by atoms with E-state index in [1.807, 2.05) is 24.7 Å². The van der Waals surface area contributed by atoms with Gasteiger partial charge in [-0.25, -0.2) is 4.98 Å². The van der Waals surface area contributed by atoms with Gasteiger partial charge in [0, 0.05) is 23.8 Å². The van der Waals surface area contributed by atoms with Crippen LogP contribution < -0.4 is 0 Å². The number of nitrogens with zero attached hydrogens (tertiary/aromatic N) is 2. The van der Waals surface area contributed by atoms with Crippen LogP contribution in [0.5, 0.6) is 5.75 Å². The molecule has 0 spiro atoms. The van der Waals surface area contributed by atoms with Gasteiger partial charge >= 0.3 is 0 Å². The fourth-order valence-electron chi connectivity index (χ4n) is 1.40. The molecule has 0 aliphatic heterocycles. The molecule has 84 valence electrons. The number of aromatic hydroxyl groups is 1. The Kier molecular flexibility index (Phi) is 3.88. The molecule has 0 amide bonds. The molecule has 0 saturated carbocycles. The average Bonchev–Trinajstić information content (AvgIpc) is 2.80. The zero-order chi connectivity index (χ0) is 11.2. The van der Waals surface area contributed by atoms with Crippen molar-refractivity contribution in [2.24, 2.45) is 0 Å². The van der Waals surface area contributed by atoms with Gasteiger partial charge in [0.25, 0.3) is 0 Å². The van der Waals surface area contributed by atoms with Gasteiger partial charge in [-0.3, -0.25) is 0 Å². The lowest BCUT2D eigenvalue weighted by Gasteiger charge is -2.02. The van der Waals surface area contributed by atoms with Crippen molar-refractivity contribution < 1.29 is 5.11 Å². The summed E-state index contributed by atoms with van der Waals surface area (Å²) in [7, 11) is 0. The first-order chi connectivity index (χ1) is 7.84. The summed E-state index contributed by atoms with van der Waals surface area (Å²) >= 11 is 1.81. The van der Waals surface area contributed by atoms with Gasteiger partial charge in [-0.05, 0) is 36.4 Å². The number of hydrogen-bond donors (Lipinski definition) is 1. The fraction of sp³-hybridized carbons (Fsp3) is 0.250. The molecule has 4 heteroatoms. The van der Waals surface area contributed by atoms with Gasteiger partial charge in [0.1, 0.15) is 5.75 Å². The average molecular weight is 234 g/mol. The van der Waals surface area contributed by atoms with Crippen LogP contribution >= 0.6 is 11.8 Å².